The summed E-state index contributed by atoms with van der Waals surface area (Å²) < 4.78 is 2.31. The van der Waals surface area contributed by atoms with E-state index in [1.807, 2.05) is 18.2 Å². The van der Waals surface area contributed by atoms with Gasteiger partial charge in [0.25, 0.3) is 0 Å². The van der Waals surface area contributed by atoms with Gasteiger partial charge in [0.15, 0.2) is 0 Å². The monoisotopic (exact) mass is 657 g/mol. The zero-order chi connectivity index (χ0) is 30.9. The van der Waals surface area contributed by atoms with E-state index in [4.69, 9.17) is 0 Å². The molecule has 0 atom stereocenters. The van der Waals surface area contributed by atoms with Crippen molar-refractivity contribution in [2.75, 3.05) is 4.90 Å². The summed E-state index contributed by atoms with van der Waals surface area (Å²) in [5, 5.41) is 0. The number of hydrogen-bond acceptors (Lipinski definition) is 3. The van der Waals surface area contributed by atoms with Crippen LogP contribution in [-0.2, 0) is 10.8 Å². The van der Waals surface area contributed by atoms with Crippen LogP contribution in [0.25, 0.3) is 17.2 Å². The van der Waals surface area contributed by atoms with Crippen LogP contribution in [0.3, 0.4) is 0 Å². The molecule has 0 saturated carbocycles. The third-order valence-corrected chi connectivity index (χ3v) is 12.9. The molecule has 2 aliphatic carbocycles. The van der Waals surface area contributed by atoms with Crippen LogP contribution in [0.5, 0.6) is 0 Å². The van der Waals surface area contributed by atoms with Crippen molar-refractivity contribution < 1.29 is 9.59 Å². The van der Waals surface area contributed by atoms with E-state index in [1.165, 1.54) is 60.4 Å². The fourth-order valence-corrected chi connectivity index (χ4v) is 11.2. The standard InChI is InChI=1S/C42H27NO2Se/c1-41(2)32-18-9-10-21-36(32)43-37-33(41)19-11-20-34(37)42(30-16-7-5-12-25(30)26-13-6-8-17-31(26)42)35-23-24(46-40(35)43)22-29-38(44)27-14-3-4-15-28(27)39(29)45/h3-23H,1-2H3. The molecule has 1 aromatic heterocycles. The van der Waals surface area contributed by atoms with Crippen molar-refractivity contribution in [3.63, 3.8) is 0 Å². The maximum absolute atomic E-state index is 13.5. The molecular formula is C42H27NO2Se. The number of Topliss-reactive ketones (excluding diaryl/α,β-unsaturated/α-hetero) is 2. The van der Waals surface area contributed by atoms with Gasteiger partial charge in [-0.05, 0) is 0 Å². The molecule has 0 unspecified atom stereocenters. The van der Waals surface area contributed by atoms with Crippen molar-refractivity contribution in [2.45, 2.75) is 24.7 Å². The first kappa shape index (κ1) is 26.2. The van der Waals surface area contributed by atoms with E-state index in [0.29, 0.717) is 11.1 Å². The van der Waals surface area contributed by atoms with E-state index in [0.717, 1.165) is 4.44 Å². The number of carbonyl (C=O) groups excluding carboxylic acids is 2. The van der Waals surface area contributed by atoms with Crippen LogP contribution in [0.15, 0.2) is 127 Å². The molecule has 0 saturated heterocycles. The summed E-state index contributed by atoms with van der Waals surface area (Å²) in [5.74, 6) is -0.354. The van der Waals surface area contributed by atoms with Crippen molar-refractivity contribution in [1.82, 2.24) is 0 Å². The molecule has 46 heavy (non-hydrogen) atoms. The number of fused-ring (bicyclic) bond motifs is 12. The summed E-state index contributed by atoms with van der Waals surface area (Å²) in [7, 11) is 0. The number of para-hydroxylation sites is 2. The minimum absolute atomic E-state index is 0.170. The number of anilines is 3. The summed E-state index contributed by atoms with van der Waals surface area (Å²) in [6.45, 7) is 4.68. The first-order valence-electron chi connectivity index (χ1n) is 15.7. The Kier molecular flexibility index (Phi) is 5.03. The van der Waals surface area contributed by atoms with E-state index >= 15 is 0 Å². The summed E-state index contributed by atoms with van der Waals surface area (Å²) in [6, 6.07) is 42.9. The Labute approximate surface area is 273 Å². The second-order valence-electron chi connectivity index (χ2n) is 13.1. The molecule has 0 fully saturated rings. The molecule has 3 nitrogen and oxygen atoms in total. The molecule has 0 N–H and O–H groups in total. The Hall–Kier alpha value is -5.02. The zero-order valence-electron chi connectivity index (χ0n) is 25.3. The molecule has 218 valence electrons. The Balaban J connectivity index is 1.33. The van der Waals surface area contributed by atoms with E-state index in [9.17, 15) is 9.59 Å². The third kappa shape index (κ3) is 3.00. The molecular weight excluding hydrogens is 629 g/mol. The molecule has 4 heteroatoms. The van der Waals surface area contributed by atoms with Crippen molar-refractivity contribution in [1.29, 1.82) is 0 Å². The molecule has 2 aliphatic heterocycles. The van der Waals surface area contributed by atoms with Crippen molar-refractivity contribution in [2.24, 2.45) is 0 Å². The van der Waals surface area contributed by atoms with Gasteiger partial charge in [0.1, 0.15) is 0 Å². The van der Waals surface area contributed by atoms with Gasteiger partial charge in [-0.25, -0.2) is 0 Å². The number of allylic oxidation sites excluding steroid dienone is 1. The van der Waals surface area contributed by atoms with E-state index < -0.39 is 5.41 Å². The van der Waals surface area contributed by atoms with Gasteiger partial charge in [0.05, 0.1) is 0 Å². The van der Waals surface area contributed by atoms with Gasteiger partial charge >= 0.3 is 274 Å². The number of rotatable bonds is 1. The Morgan fingerprint density at radius 2 is 1.09 bits per heavy atom. The van der Waals surface area contributed by atoms with Gasteiger partial charge < -0.3 is 0 Å². The van der Waals surface area contributed by atoms with Crippen LogP contribution >= 0.6 is 0 Å². The van der Waals surface area contributed by atoms with Gasteiger partial charge in [-0.2, -0.15) is 0 Å². The SMILES string of the molecule is CC1(C)c2ccccc2N2c3[se]c(C=C4C(=O)c5ccccc5C4=O)cc3C3(c4ccccc4-c4ccccc43)c3cccc1c32. The molecule has 3 heterocycles. The first-order chi connectivity index (χ1) is 22.4. The Bertz CT molecular complexity index is 2320. The quantitative estimate of drug-likeness (QED) is 0.101. The van der Waals surface area contributed by atoms with Crippen LogP contribution < -0.4 is 4.90 Å². The van der Waals surface area contributed by atoms with Crippen molar-refractivity contribution >= 4 is 48.1 Å². The summed E-state index contributed by atoms with van der Waals surface area (Å²) in [4.78, 5) is 29.6. The molecule has 0 bridgehead atoms. The van der Waals surface area contributed by atoms with Gasteiger partial charge in [0.2, 0.25) is 0 Å². The number of nitrogens with zero attached hydrogens (tertiary/aromatic N) is 1. The molecule has 4 aliphatic rings. The fourth-order valence-electron chi connectivity index (χ4n) is 8.68. The average Bonchev–Trinajstić information content (AvgIpc) is 3.71. The number of benzene rings is 5. The topological polar surface area (TPSA) is 37.4 Å². The summed E-state index contributed by atoms with van der Waals surface area (Å²) >= 11 is -0.170. The van der Waals surface area contributed by atoms with Crippen LogP contribution in [0, 0.1) is 0 Å². The summed E-state index contributed by atoms with van der Waals surface area (Å²) in [5.41, 5.74) is 13.3. The molecule has 1 spiro atoms. The molecule has 0 amide bonds. The van der Waals surface area contributed by atoms with Gasteiger partial charge in [-0.3, -0.25) is 0 Å². The van der Waals surface area contributed by atoms with Gasteiger partial charge in [-0.15, -0.1) is 0 Å². The van der Waals surface area contributed by atoms with E-state index in [-0.39, 0.29) is 37.1 Å². The van der Waals surface area contributed by atoms with E-state index in [2.05, 4.69) is 116 Å². The molecule has 10 rings (SSSR count). The van der Waals surface area contributed by atoms with Gasteiger partial charge in [-0.1, -0.05) is 0 Å². The summed E-state index contributed by atoms with van der Waals surface area (Å²) in [6.07, 6.45) is 1.90. The minimum atomic E-state index is -0.526. The second-order valence-corrected chi connectivity index (χ2v) is 15.4. The van der Waals surface area contributed by atoms with Crippen molar-refractivity contribution in [3.05, 3.63) is 176 Å². The first-order valence-corrected chi connectivity index (χ1v) is 17.4. The van der Waals surface area contributed by atoms with Crippen LogP contribution in [-0.4, -0.2) is 26.1 Å². The maximum atomic E-state index is 13.5. The molecule has 6 aromatic rings. The number of carbonyl (C=O) groups is 2. The van der Waals surface area contributed by atoms with Gasteiger partial charge in [0, 0.05) is 0 Å². The van der Waals surface area contributed by atoms with Crippen LogP contribution in [0.4, 0.5) is 15.9 Å². The fraction of sp³-hybridized carbons (Fsp3) is 0.0952. The van der Waals surface area contributed by atoms with Crippen LogP contribution in [0.2, 0.25) is 0 Å². The number of hydrogen-bond donors (Lipinski definition) is 0. The molecule has 0 radical (unpaired) electrons. The van der Waals surface area contributed by atoms with Crippen molar-refractivity contribution in [3.8, 4) is 11.1 Å². The number of ketones is 2. The molecule has 5 aromatic carbocycles. The normalized spacial score (nSPS) is 16.8. The van der Waals surface area contributed by atoms with Crippen LogP contribution in [0.1, 0.15) is 72.4 Å². The average molecular weight is 657 g/mol. The second kappa shape index (κ2) is 8.82. The van der Waals surface area contributed by atoms with E-state index in [1.54, 1.807) is 12.1 Å². The predicted molar refractivity (Wildman–Crippen MR) is 184 cm³/mol. The zero-order valence-corrected chi connectivity index (χ0v) is 27.0. The predicted octanol–water partition coefficient (Wildman–Crippen LogP) is 8.99. The Morgan fingerprint density at radius 3 is 1.74 bits per heavy atom. The third-order valence-electron chi connectivity index (χ3n) is 10.6. The Morgan fingerprint density at radius 1 is 0.565 bits per heavy atom.